The highest BCUT2D eigenvalue weighted by molar-refractivity contribution is 6.15. The van der Waals surface area contributed by atoms with Gasteiger partial charge in [-0.05, 0) is 108 Å². The fourth-order valence-corrected chi connectivity index (χ4v) is 10.8. The molecule has 14 aromatic rings. The Labute approximate surface area is 450 Å². The van der Waals surface area contributed by atoms with Gasteiger partial charge in [0.25, 0.3) is 0 Å². The van der Waals surface area contributed by atoms with Gasteiger partial charge < -0.3 is 0 Å². The number of benzene rings is 6. The van der Waals surface area contributed by atoms with E-state index < -0.39 is 0 Å². The average molecular weight is 999 g/mol. The third-order valence-electron chi connectivity index (χ3n) is 14.8. The van der Waals surface area contributed by atoms with Gasteiger partial charge in [-0.2, -0.15) is 0 Å². The standard InChI is InChI=1S/C70H46N8/c1-43-17-21-45(22-18-43)63-35-59(51-13-5-29-71-39-51)55-25-27-57-61(53-15-7-31-73-41-53)37-65(77-69(57)67(55)75-63)49-11-3-9-47(33-49)48-10-4-12-50(34-48)66-38-62(54-16-8-32-74-42-54)58-28-26-56-60(52-14-6-30-72-40-52)36-64(76-68(56)70(58)78-66)46-23-19-44(2)20-24-46/h3-42H,1-2H3. The third-order valence-corrected chi connectivity index (χ3v) is 14.8. The summed E-state index contributed by atoms with van der Waals surface area (Å²) in [6.45, 7) is 4.21. The van der Waals surface area contributed by atoms with Crippen LogP contribution in [0, 0.1) is 13.8 Å². The first kappa shape index (κ1) is 46.1. The summed E-state index contributed by atoms with van der Waals surface area (Å²) in [5, 5.41) is 3.98. The van der Waals surface area contributed by atoms with Crippen molar-refractivity contribution in [3.63, 3.8) is 0 Å². The zero-order valence-corrected chi connectivity index (χ0v) is 42.7. The lowest BCUT2D eigenvalue weighted by molar-refractivity contribution is 1.32. The van der Waals surface area contributed by atoms with Crippen LogP contribution in [0.15, 0.2) is 244 Å². The first-order valence-electron chi connectivity index (χ1n) is 26.0. The van der Waals surface area contributed by atoms with Gasteiger partial charge in [-0.3, -0.25) is 19.9 Å². The van der Waals surface area contributed by atoms with E-state index in [1.54, 1.807) is 0 Å². The number of aromatic nitrogens is 8. The summed E-state index contributed by atoms with van der Waals surface area (Å²) in [7, 11) is 0. The lowest BCUT2D eigenvalue weighted by atomic mass is 9.93. The van der Waals surface area contributed by atoms with E-state index in [0.29, 0.717) is 0 Å². The normalized spacial score (nSPS) is 11.5. The van der Waals surface area contributed by atoms with Crippen LogP contribution in [-0.2, 0) is 0 Å². The van der Waals surface area contributed by atoms with Crippen molar-refractivity contribution in [2.45, 2.75) is 13.8 Å². The van der Waals surface area contributed by atoms with E-state index in [2.05, 4.69) is 204 Å². The van der Waals surface area contributed by atoms with Gasteiger partial charge >= 0.3 is 0 Å². The van der Waals surface area contributed by atoms with Crippen LogP contribution >= 0.6 is 0 Å². The molecule has 0 amide bonds. The average Bonchev–Trinajstić information content (AvgIpc) is 3.68. The van der Waals surface area contributed by atoms with Crippen LogP contribution in [0.25, 0.3) is 144 Å². The number of hydrogen-bond acceptors (Lipinski definition) is 8. The van der Waals surface area contributed by atoms with Crippen LogP contribution in [0.3, 0.4) is 0 Å². The van der Waals surface area contributed by atoms with Gasteiger partial charge in [0, 0.05) is 116 Å². The molecule has 78 heavy (non-hydrogen) atoms. The molecule has 0 N–H and O–H groups in total. The second kappa shape index (κ2) is 19.4. The molecule has 366 valence electrons. The maximum atomic E-state index is 5.57. The van der Waals surface area contributed by atoms with Crippen molar-refractivity contribution in [3.8, 4) is 101 Å². The summed E-state index contributed by atoms with van der Waals surface area (Å²) >= 11 is 0. The SMILES string of the molecule is Cc1ccc(-c2cc(-c3cccnc3)c3ccc4c(-c5cccnc5)cc(-c5cccc(-c6cccc(-c7cc(-c8cccnc8)c8ccc9c(-c%10cccnc%10)cc(-c%10ccc(C)cc%10)nc9c8n7)c6)c5)nc4c3n2)cc1. The third kappa shape index (κ3) is 8.48. The van der Waals surface area contributed by atoms with E-state index in [-0.39, 0.29) is 0 Å². The van der Waals surface area contributed by atoms with Crippen molar-refractivity contribution in [3.05, 3.63) is 255 Å². The number of pyridine rings is 8. The molecule has 8 aromatic heterocycles. The number of fused-ring (bicyclic) bond motifs is 6. The molecule has 0 aliphatic heterocycles. The van der Waals surface area contributed by atoms with E-state index in [4.69, 9.17) is 19.9 Å². The first-order chi connectivity index (χ1) is 38.5. The smallest absolute Gasteiger partial charge is 0.0978 e. The maximum absolute atomic E-state index is 5.57. The van der Waals surface area contributed by atoms with Crippen molar-refractivity contribution >= 4 is 43.6 Å². The lowest BCUT2D eigenvalue weighted by Crippen LogP contribution is -1.96. The van der Waals surface area contributed by atoms with Crippen molar-refractivity contribution in [2.24, 2.45) is 0 Å². The fourth-order valence-electron chi connectivity index (χ4n) is 10.8. The Kier molecular flexibility index (Phi) is 11.4. The number of nitrogens with zero attached hydrogens (tertiary/aromatic N) is 8. The van der Waals surface area contributed by atoms with Gasteiger partial charge in [-0.15, -0.1) is 0 Å². The zero-order valence-electron chi connectivity index (χ0n) is 42.7. The van der Waals surface area contributed by atoms with E-state index in [1.165, 1.54) is 11.1 Å². The highest BCUT2D eigenvalue weighted by Crippen LogP contribution is 2.42. The summed E-state index contributed by atoms with van der Waals surface area (Å²) in [6, 6.07) is 68.1. The van der Waals surface area contributed by atoms with Crippen molar-refractivity contribution in [2.75, 3.05) is 0 Å². The summed E-state index contributed by atoms with van der Waals surface area (Å²) < 4.78 is 0. The minimum atomic E-state index is 0.808. The molecule has 0 unspecified atom stereocenters. The van der Waals surface area contributed by atoms with Crippen molar-refractivity contribution < 1.29 is 0 Å². The summed E-state index contributed by atoms with van der Waals surface area (Å²) in [5.74, 6) is 0. The molecule has 0 aliphatic rings. The zero-order chi connectivity index (χ0) is 52.1. The van der Waals surface area contributed by atoms with E-state index >= 15 is 0 Å². The number of aryl methyl sites for hydroxylation is 2. The van der Waals surface area contributed by atoms with E-state index in [0.717, 1.165) is 144 Å². The van der Waals surface area contributed by atoms with Crippen molar-refractivity contribution in [1.82, 2.24) is 39.9 Å². The van der Waals surface area contributed by atoms with E-state index in [1.807, 2.05) is 73.8 Å². The minimum absolute atomic E-state index is 0.808. The monoisotopic (exact) mass is 998 g/mol. The molecule has 0 atom stereocenters. The Morgan fingerprint density at radius 2 is 0.500 bits per heavy atom. The van der Waals surface area contributed by atoms with Crippen molar-refractivity contribution in [1.29, 1.82) is 0 Å². The lowest BCUT2D eigenvalue weighted by Gasteiger charge is -2.16. The second-order valence-electron chi connectivity index (χ2n) is 19.8. The van der Waals surface area contributed by atoms with Crippen LogP contribution in [-0.4, -0.2) is 39.9 Å². The molecule has 8 heterocycles. The number of rotatable bonds is 9. The Hall–Kier alpha value is -10.4. The predicted octanol–water partition coefficient (Wildman–Crippen LogP) is 17.1. The first-order valence-corrected chi connectivity index (χ1v) is 26.0. The summed E-state index contributed by atoms with van der Waals surface area (Å²) in [4.78, 5) is 40.2. The molecule has 0 bridgehead atoms. The molecule has 0 radical (unpaired) electrons. The van der Waals surface area contributed by atoms with Gasteiger partial charge in [-0.1, -0.05) is 145 Å². The molecule has 8 heteroatoms. The van der Waals surface area contributed by atoms with Gasteiger partial charge in [0.1, 0.15) is 0 Å². The van der Waals surface area contributed by atoms with Crippen LogP contribution in [0.5, 0.6) is 0 Å². The molecule has 0 saturated heterocycles. The van der Waals surface area contributed by atoms with Gasteiger partial charge in [0.15, 0.2) is 0 Å². The molecule has 14 rings (SSSR count). The van der Waals surface area contributed by atoms with Crippen LogP contribution < -0.4 is 0 Å². The molecule has 0 spiro atoms. The quantitative estimate of drug-likeness (QED) is 0.132. The molecular weight excluding hydrogens is 953 g/mol. The molecule has 0 saturated carbocycles. The fraction of sp³-hybridized carbons (Fsp3) is 0.0286. The van der Waals surface area contributed by atoms with Crippen LogP contribution in [0.4, 0.5) is 0 Å². The van der Waals surface area contributed by atoms with Gasteiger partial charge in [0.05, 0.1) is 44.8 Å². The maximum Gasteiger partial charge on any atom is 0.0978 e. The van der Waals surface area contributed by atoms with E-state index in [9.17, 15) is 0 Å². The topological polar surface area (TPSA) is 103 Å². The Balaban J connectivity index is 0.939. The summed E-state index contributed by atoms with van der Waals surface area (Å²) in [5.41, 5.74) is 23.2. The largest absolute Gasteiger partial charge is 0.264 e. The highest BCUT2D eigenvalue weighted by Gasteiger charge is 2.20. The molecular formula is C70H46N8. The van der Waals surface area contributed by atoms with Crippen LogP contribution in [0.1, 0.15) is 11.1 Å². The predicted molar refractivity (Wildman–Crippen MR) is 317 cm³/mol. The summed E-state index contributed by atoms with van der Waals surface area (Å²) in [6.07, 6.45) is 14.9. The Bertz CT molecular complexity index is 4290. The molecule has 0 aliphatic carbocycles. The Morgan fingerprint density at radius 1 is 0.231 bits per heavy atom. The molecule has 6 aromatic carbocycles. The Morgan fingerprint density at radius 3 is 0.782 bits per heavy atom. The second-order valence-corrected chi connectivity index (χ2v) is 19.8. The molecule has 8 nitrogen and oxygen atoms in total. The van der Waals surface area contributed by atoms with Gasteiger partial charge in [0.2, 0.25) is 0 Å². The highest BCUT2D eigenvalue weighted by atomic mass is 14.8. The minimum Gasteiger partial charge on any atom is -0.264 e. The van der Waals surface area contributed by atoms with Crippen LogP contribution in [0.2, 0.25) is 0 Å². The number of hydrogen-bond donors (Lipinski definition) is 0. The van der Waals surface area contributed by atoms with Gasteiger partial charge in [-0.25, -0.2) is 19.9 Å². The molecule has 0 fully saturated rings.